The average molecular weight is 493 g/mol. The molecule has 0 spiro atoms. The standard InChI is InChI=1S/C27H25ClN2O5/c1-33-23-8-7-18(28)13-21(23)16-11-17-15-30(9-10-35-26(17)24(12-16)34-2)25(31)14-22-19-5-3-4-6-20(19)27(32)29-22/h3-8,11-13,22H,9-10,14-15H2,1-2H3,(H,29,32). The highest BCUT2D eigenvalue weighted by atomic mass is 35.5. The van der Waals surface area contributed by atoms with Gasteiger partial charge in [-0.2, -0.15) is 0 Å². The lowest BCUT2D eigenvalue weighted by atomic mass is 10.00. The summed E-state index contributed by atoms with van der Waals surface area (Å²) in [6.45, 7) is 1.11. The summed E-state index contributed by atoms with van der Waals surface area (Å²) in [5, 5.41) is 3.51. The Morgan fingerprint density at radius 1 is 1.09 bits per heavy atom. The summed E-state index contributed by atoms with van der Waals surface area (Å²) in [5.74, 6) is 1.66. The molecular weight excluding hydrogens is 468 g/mol. The van der Waals surface area contributed by atoms with Crippen LogP contribution in [0.25, 0.3) is 11.1 Å². The highest BCUT2D eigenvalue weighted by molar-refractivity contribution is 6.31. The highest BCUT2D eigenvalue weighted by Gasteiger charge is 2.32. The van der Waals surface area contributed by atoms with Crippen LogP contribution in [0.2, 0.25) is 5.02 Å². The summed E-state index contributed by atoms with van der Waals surface area (Å²) in [6, 6.07) is 16.3. The number of carbonyl (C=O) groups is 2. The zero-order valence-electron chi connectivity index (χ0n) is 19.5. The SMILES string of the molecule is COc1ccc(Cl)cc1-c1cc2c(c(OC)c1)OCCN(C(=O)CC1NC(=O)c3ccccc31)C2. The van der Waals surface area contributed by atoms with Gasteiger partial charge in [-0.1, -0.05) is 29.8 Å². The van der Waals surface area contributed by atoms with E-state index >= 15 is 0 Å². The van der Waals surface area contributed by atoms with Crippen LogP contribution in [-0.4, -0.2) is 44.1 Å². The average Bonchev–Trinajstić information content (AvgIpc) is 3.03. The van der Waals surface area contributed by atoms with Crippen LogP contribution in [0.4, 0.5) is 0 Å². The van der Waals surface area contributed by atoms with Gasteiger partial charge in [0.25, 0.3) is 5.91 Å². The summed E-state index contributed by atoms with van der Waals surface area (Å²) in [4.78, 5) is 27.4. The van der Waals surface area contributed by atoms with E-state index in [1.54, 1.807) is 31.3 Å². The number of amides is 2. The van der Waals surface area contributed by atoms with E-state index in [1.165, 1.54) is 0 Å². The van der Waals surface area contributed by atoms with Crippen molar-refractivity contribution in [2.45, 2.75) is 19.0 Å². The van der Waals surface area contributed by atoms with Gasteiger partial charge in [0.05, 0.1) is 33.2 Å². The van der Waals surface area contributed by atoms with E-state index in [0.29, 0.717) is 47.5 Å². The molecule has 35 heavy (non-hydrogen) atoms. The number of fused-ring (bicyclic) bond motifs is 2. The first-order valence-corrected chi connectivity index (χ1v) is 11.7. The molecule has 1 unspecified atom stereocenters. The van der Waals surface area contributed by atoms with Gasteiger partial charge in [-0.25, -0.2) is 0 Å². The van der Waals surface area contributed by atoms with Gasteiger partial charge in [-0.3, -0.25) is 9.59 Å². The molecule has 0 bridgehead atoms. The molecular formula is C27H25ClN2O5. The molecule has 180 valence electrons. The first-order valence-electron chi connectivity index (χ1n) is 11.3. The molecule has 2 heterocycles. The van der Waals surface area contributed by atoms with Crippen molar-refractivity contribution < 1.29 is 23.8 Å². The third kappa shape index (κ3) is 4.39. The van der Waals surface area contributed by atoms with E-state index in [4.69, 9.17) is 25.8 Å². The van der Waals surface area contributed by atoms with Crippen molar-refractivity contribution in [3.05, 3.63) is 76.3 Å². The largest absolute Gasteiger partial charge is 0.496 e. The smallest absolute Gasteiger partial charge is 0.252 e. The van der Waals surface area contributed by atoms with E-state index in [0.717, 1.165) is 22.3 Å². The summed E-state index contributed by atoms with van der Waals surface area (Å²) in [7, 11) is 3.20. The summed E-state index contributed by atoms with van der Waals surface area (Å²) >= 11 is 6.26. The lowest BCUT2D eigenvalue weighted by molar-refractivity contribution is -0.132. The molecule has 2 amide bonds. The minimum Gasteiger partial charge on any atom is -0.496 e. The Hall–Kier alpha value is -3.71. The number of methoxy groups -OCH3 is 2. The van der Waals surface area contributed by atoms with Crippen molar-refractivity contribution in [2.24, 2.45) is 0 Å². The second-order valence-corrected chi connectivity index (χ2v) is 8.93. The van der Waals surface area contributed by atoms with Crippen LogP contribution in [0.1, 0.15) is 33.9 Å². The van der Waals surface area contributed by atoms with Gasteiger partial charge in [0.15, 0.2) is 11.5 Å². The number of nitrogens with zero attached hydrogens (tertiary/aromatic N) is 1. The van der Waals surface area contributed by atoms with Crippen LogP contribution in [-0.2, 0) is 11.3 Å². The molecule has 0 aromatic heterocycles. The third-order valence-corrected chi connectivity index (χ3v) is 6.65. The van der Waals surface area contributed by atoms with Crippen LogP contribution < -0.4 is 19.5 Å². The molecule has 2 aliphatic heterocycles. The molecule has 0 saturated heterocycles. The zero-order valence-corrected chi connectivity index (χ0v) is 20.2. The third-order valence-electron chi connectivity index (χ3n) is 6.41. The Morgan fingerprint density at radius 2 is 1.89 bits per heavy atom. The second-order valence-electron chi connectivity index (χ2n) is 8.49. The van der Waals surface area contributed by atoms with Crippen LogP contribution in [0, 0.1) is 0 Å². The lowest BCUT2D eigenvalue weighted by Crippen LogP contribution is -2.35. The summed E-state index contributed by atoms with van der Waals surface area (Å²) in [5.41, 5.74) is 3.96. The van der Waals surface area contributed by atoms with Gasteiger partial charge in [-0.05, 0) is 47.5 Å². The van der Waals surface area contributed by atoms with Gasteiger partial charge in [0.1, 0.15) is 12.4 Å². The van der Waals surface area contributed by atoms with E-state index in [9.17, 15) is 9.59 Å². The van der Waals surface area contributed by atoms with Crippen LogP contribution in [0.15, 0.2) is 54.6 Å². The Morgan fingerprint density at radius 3 is 2.69 bits per heavy atom. The Labute approximate surface area is 208 Å². The predicted octanol–water partition coefficient (Wildman–Crippen LogP) is 4.62. The maximum atomic E-state index is 13.3. The van der Waals surface area contributed by atoms with Crippen molar-refractivity contribution in [3.8, 4) is 28.4 Å². The van der Waals surface area contributed by atoms with Gasteiger partial charge < -0.3 is 24.4 Å². The molecule has 0 radical (unpaired) electrons. The van der Waals surface area contributed by atoms with E-state index in [1.807, 2.05) is 42.5 Å². The predicted molar refractivity (Wildman–Crippen MR) is 132 cm³/mol. The van der Waals surface area contributed by atoms with Crippen LogP contribution in [0.5, 0.6) is 17.2 Å². The van der Waals surface area contributed by atoms with Crippen LogP contribution >= 0.6 is 11.6 Å². The van der Waals surface area contributed by atoms with Crippen molar-refractivity contribution in [2.75, 3.05) is 27.4 Å². The number of rotatable bonds is 5. The first-order chi connectivity index (χ1) is 17.0. The fourth-order valence-electron chi connectivity index (χ4n) is 4.70. The first kappa shape index (κ1) is 23.1. The molecule has 0 saturated carbocycles. The van der Waals surface area contributed by atoms with Gasteiger partial charge in [-0.15, -0.1) is 0 Å². The molecule has 7 nitrogen and oxygen atoms in total. The van der Waals surface area contributed by atoms with Crippen LogP contribution in [0.3, 0.4) is 0 Å². The van der Waals surface area contributed by atoms with Crippen molar-refractivity contribution in [1.29, 1.82) is 0 Å². The fraction of sp³-hybridized carbons (Fsp3) is 0.259. The number of halogens is 1. The quantitative estimate of drug-likeness (QED) is 0.562. The van der Waals surface area contributed by atoms with E-state index in [-0.39, 0.29) is 24.3 Å². The molecule has 8 heteroatoms. The number of hydrogen-bond donors (Lipinski definition) is 1. The van der Waals surface area contributed by atoms with Gasteiger partial charge in [0, 0.05) is 28.3 Å². The molecule has 0 fully saturated rings. The van der Waals surface area contributed by atoms with Crippen molar-refractivity contribution in [3.63, 3.8) is 0 Å². The normalized spacial score (nSPS) is 16.5. The number of carbonyl (C=O) groups excluding carboxylic acids is 2. The molecule has 1 N–H and O–H groups in total. The minimum absolute atomic E-state index is 0.0619. The summed E-state index contributed by atoms with van der Waals surface area (Å²) in [6.07, 6.45) is 0.178. The topological polar surface area (TPSA) is 77.1 Å². The Balaban J connectivity index is 1.44. The summed E-state index contributed by atoms with van der Waals surface area (Å²) < 4.78 is 17.2. The molecule has 1 atom stereocenters. The monoisotopic (exact) mass is 492 g/mol. The number of benzene rings is 3. The maximum Gasteiger partial charge on any atom is 0.252 e. The van der Waals surface area contributed by atoms with Crippen molar-refractivity contribution >= 4 is 23.4 Å². The molecule has 2 aliphatic rings. The van der Waals surface area contributed by atoms with E-state index in [2.05, 4.69) is 5.32 Å². The number of nitrogens with one attached hydrogen (secondary N) is 1. The molecule has 0 aliphatic carbocycles. The lowest BCUT2D eigenvalue weighted by Gasteiger charge is -2.22. The molecule has 5 rings (SSSR count). The van der Waals surface area contributed by atoms with Gasteiger partial charge >= 0.3 is 0 Å². The number of ether oxygens (including phenoxy) is 3. The van der Waals surface area contributed by atoms with Crippen molar-refractivity contribution in [1.82, 2.24) is 10.2 Å². The Kier molecular flexibility index (Phi) is 6.26. The minimum atomic E-state index is -0.341. The van der Waals surface area contributed by atoms with E-state index < -0.39 is 0 Å². The second kappa shape index (κ2) is 9.50. The zero-order chi connectivity index (χ0) is 24.5. The van der Waals surface area contributed by atoms with Gasteiger partial charge in [0.2, 0.25) is 5.91 Å². The maximum absolute atomic E-state index is 13.3. The molecule has 3 aromatic rings. The Bertz CT molecular complexity index is 1310. The molecule has 3 aromatic carbocycles. The number of hydrogen-bond acceptors (Lipinski definition) is 5. The highest BCUT2D eigenvalue weighted by Crippen LogP contribution is 2.41. The fourth-order valence-corrected chi connectivity index (χ4v) is 4.87.